The average molecular weight is 363 g/mol. The summed E-state index contributed by atoms with van der Waals surface area (Å²) in [6, 6.07) is 5.16. The second kappa shape index (κ2) is 7.36. The van der Waals surface area contributed by atoms with E-state index in [9.17, 15) is 8.42 Å². The molecule has 6 nitrogen and oxygen atoms in total. The highest BCUT2D eigenvalue weighted by Crippen LogP contribution is 2.25. The van der Waals surface area contributed by atoms with Crippen LogP contribution in [-0.4, -0.2) is 56.5 Å². The monoisotopic (exact) mass is 362 g/mol. The van der Waals surface area contributed by atoms with Gasteiger partial charge < -0.3 is 9.47 Å². The van der Waals surface area contributed by atoms with Crippen molar-refractivity contribution in [1.29, 1.82) is 0 Å². The number of methoxy groups -OCH3 is 1. The maximum absolute atomic E-state index is 12.8. The van der Waals surface area contributed by atoms with Gasteiger partial charge in [-0.1, -0.05) is 11.6 Å². The predicted octanol–water partition coefficient (Wildman–Crippen LogP) is 2.13. The van der Waals surface area contributed by atoms with Crippen LogP contribution in [-0.2, 0) is 21.5 Å². The summed E-state index contributed by atoms with van der Waals surface area (Å²) in [6.07, 6.45) is -0.245. The Kier molecular flexibility index (Phi) is 5.91. The molecule has 0 aliphatic carbocycles. The van der Waals surface area contributed by atoms with E-state index in [0.29, 0.717) is 23.9 Å². The molecule has 1 aliphatic heterocycles. The van der Waals surface area contributed by atoms with Crippen LogP contribution in [0.5, 0.6) is 5.75 Å². The van der Waals surface area contributed by atoms with E-state index in [0.717, 1.165) is 5.56 Å². The van der Waals surface area contributed by atoms with E-state index in [-0.39, 0.29) is 18.8 Å². The van der Waals surface area contributed by atoms with Gasteiger partial charge in [-0.15, -0.1) is 0 Å². The van der Waals surface area contributed by atoms with Crippen LogP contribution in [0.15, 0.2) is 18.2 Å². The lowest BCUT2D eigenvalue weighted by atomic mass is 10.2. The molecule has 2 atom stereocenters. The second-order valence-corrected chi connectivity index (χ2v) is 8.27. The lowest BCUT2D eigenvalue weighted by Crippen LogP contribution is -2.52. The summed E-state index contributed by atoms with van der Waals surface area (Å²) in [5.74, 6) is 0.611. The first kappa shape index (κ1) is 18.5. The van der Waals surface area contributed by atoms with Crippen LogP contribution in [0.25, 0.3) is 0 Å². The minimum Gasteiger partial charge on any atom is -0.496 e. The fourth-order valence-corrected chi connectivity index (χ4v) is 4.40. The molecule has 1 aromatic rings. The van der Waals surface area contributed by atoms with Crippen LogP contribution in [0.4, 0.5) is 0 Å². The highest BCUT2D eigenvalue weighted by molar-refractivity contribution is 7.86. The van der Waals surface area contributed by atoms with Crippen LogP contribution in [0, 0.1) is 0 Å². The molecule has 1 saturated heterocycles. The first-order valence-electron chi connectivity index (χ1n) is 7.43. The van der Waals surface area contributed by atoms with E-state index in [1.807, 2.05) is 13.8 Å². The van der Waals surface area contributed by atoms with Crippen molar-refractivity contribution in [1.82, 2.24) is 8.61 Å². The molecule has 0 saturated carbocycles. The molecule has 23 heavy (non-hydrogen) atoms. The van der Waals surface area contributed by atoms with Gasteiger partial charge in [0.25, 0.3) is 10.2 Å². The summed E-state index contributed by atoms with van der Waals surface area (Å²) >= 11 is 6.01. The Morgan fingerprint density at radius 1 is 1.35 bits per heavy atom. The van der Waals surface area contributed by atoms with Crippen molar-refractivity contribution in [3.63, 3.8) is 0 Å². The number of halogens is 1. The SMILES string of the molecule is COc1ccc(Cl)cc1CN(C)S(=O)(=O)N1CC(C)OC(C)C1. The van der Waals surface area contributed by atoms with Gasteiger partial charge >= 0.3 is 0 Å². The van der Waals surface area contributed by atoms with E-state index < -0.39 is 10.2 Å². The van der Waals surface area contributed by atoms with Gasteiger partial charge in [-0.05, 0) is 32.0 Å². The number of rotatable bonds is 5. The maximum Gasteiger partial charge on any atom is 0.282 e. The summed E-state index contributed by atoms with van der Waals surface area (Å²) in [4.78, 5) is 0. The normalized spacial score (nSPS) is 23.2. The first-order valence-corrected chi connectivity index (χ1v) is 9.20. The highest BCUT2D eigenvalue weighted by Gasteiger charge is 2.34. The minimum absolute atomic E-state index is 0.123. The zero-order valence-corrected chi connectivity index (χ0v) is 15.4. The first-order chi connectivity index (χ1) is 10.7. The quantitative estimate of drug-likeness (QED) is 0.805. The van der Waals surface area contributed by atoms with Crippen LogP contribution in [0.2, 0.25) is 5.02 Å². The fraction of sp³-hybridized carbons (Fsp3) is 0.600. The molecule has 0 N–H and O–H groups in total. The summed E-state index contributed by atoms with van der Waals surface area (Å²) in [7, 11) is -0.472. The molecule has 1 aromatic carbocycles. The van der Waals surface area contributed by atoms with Gasteiger partial charge in [-0.3, -0.25) is 0 Å². The molecule has 0 amide bonds. The molecule has 0 radical (unpaired) electrons. The maximum atomic E-state index is 12.8. The second-order valence-electron chi connectivity index (χ2n) is 5.79. The smallest absolute Gasteiger partial charge is 0.282 e. The summed E-state index contributed by atoms with van der Waals surface area (Å²) in [6.45, 7) is 4.63. The molecule has 130 valence electrons. The van der Waals surface area contributed by atoms with Gasteiger partial charge in [0.2, 0.25) is 0 Å². The molecular formula is C15H23ClN2O4S. The number of morpholine rings is 1. The van der Waals surface area contributed by atoms with E-state index >= 15 is 0 Å². The van der Waals surface area contributed by atoms with E-state index in [2.05, 4.69) is 0 Å². The van der Waals surface area contributed by atoms with Crippen molar-refractivity contribution < 1.29 is 17.9 Å². The molecule has 0 spiro atoms. The molecule has 1 aliphatic rings. The third kappa shape index (κ3) is 4.36. The summed E-state index contributed by atoms with van der Waals surface area (Å²) in [5, 5.41) is 0.542. The zero-order valence-electron chi connectivity index (χ0n) is 13.8. The molecule has 0 bridgehead atoms. The Balaban J connectivity index is 2.19. The van der Waals surface area contributed by atoms with Gasteiger partial charge in [0, 0.05) is 37.3 Å². The van der Waals surface area contributed by atoms with Crippen molar-refractivity contribution in [2.45, 2.75) is 32.6 Å². The topological polar surface area (TPSA) is 59.1 Å². The average Bonchev–Trinajstić information content (AvgIpc) is 2.46. The lowest BCUT2D eigenvalue weighted by Gasteiger charge is -2.36. The Bertz CT molecular complexity index is 643. The zero-order chi connectivity index (χ0) is 17.2. The molecule has 1 fully saturated rings. The van der Waals surface area contributed by atoms with Crippen LogP contribution in [0.3, 0.4) is 0 Å². The third-order valence-electron chi connectivity index (χ3n) is 3.74. The number of hydrogen-bond donors (Lipinski definition) is 0. The Hall–Kier alpha value is -0.860. The summed E-state index contributed by atoms with van der Waals surface area (Å²) < 4.78 is 39.2. The molecule has 1 heterocycles. The van der Waals surface area contributed by atoms with Crippen molar-refractivity contribution in [3.8, 4) is 5.75 Å². The molecule has 8 heteroatoms. The summed E-state index contributed by atoms with van der Waals surface area (Å²) in [5.41, 5.74) is 0.723. The van der Waals surface area contributed by atoms with Gasteiger partial charge in [0.15, 0.2) is 0 Å². The number of nitrogens with zero attached hydrogens (tertiary/aromatic N) is 2. The predicted molar refractivity (Wildman–Crippen MR) is 90.0 cm³/mol. The molecule has 2 rings (SSSR count). The van der Waals surface area contributed by atoms with Crippen molar-refractivity contribution >= 4 is 21.8 Å². The molecule has 2 unspecified atom stereocenters. The lowest BCUT2D eigenvalue weighted by molar-refractivity contribution is -0.0453. The van der Waals surface area contributed by atoms with Crippen molar-refractivity contribution in [2.75, 3.05) is 27.2 Å². The van der Waals surface area contributed by atoms with Gasteiger partial charge in [0.05, 0.1) is 19.3 Å². The number of ether oxygens (including phenoxy) is 2. The van der Waals surface area contributed by atoms with Crippen molar-refractivity contribution in [2.24, 2.45) is 0 Å². The number of benzene rings is 1. The van der Waals surface area contributed by atoms with E-state index in [1.165, 1.54) is 8.61 Å². The van der Waals surface area contributed by atoms with Crippen LogP contribution in [0.1, 0.15) is 19.4 Å². The highest BCUT2D eigenvalue weighted by atomic mass is 35.5. The van der Waals surface area contributed by atoms with Crippen LogP contribution >= 0.6 is 11.6 Å². The van der Waals surface area contributed by atoms with Crippen molar-refractivity contribution in [3.05, 3.63) is 28.8 Å². The van der Waals surface area contributed by atoms with E-state index in [1.54, 1.807) is 32.4 Å². The Morgan fingerprint density at radius 3 is 2.52 bits per heavy atom. The minimum atomic E-state index is -3.58. The molecule has 0 aromatic heterocycles. The standard InChI is InChI=1S/C15H23ClN2O4S/c1-11-8-18(9-12(2)22-11)23(19,20)17(3)10-13-7-14(16)5-6-15(13)21-4/h5-7,11-12H,8-10H2,1-4H3. The Labute approximate surface area is 143 Å². The van der Waals surface area contributed by atoms with Gasteiger partial charge in [-0.25, -0.2) is 0 Å². The van der Waals surface area contributed by atoms with Crippen LogP contribution < -0.4 is 4.74 Å². The van der Waals surface area contributed by atoms with Gasteiger partial charge in [0.1, 0.15) is 5.75 Å². The number of hydrogen-bond acceptors (Lipinski definition) is 4. The van der Waals surface area contributed by atoms with E-state index in [4.69, 9.17) is 21.1 Å². The van der Waals surface area contributed by atoms with Gasteiger partial charge in [-0.2, -0.15) is 17.0 Å². The Morgan fingerprint density at radius 2 is 1.96 bits per heavy atom. The third-order valence-corrected chi connectivity index (χ3v) is 5.84. The molecular weight excluding hydrogens is 340 g/mol. The largest absolute Gasteiger partial charge is 0.496 e. The fourth-order valence-electron chi connectivity index (χ4n) is 2.71.